The third-order valence-electron chi connectivity index (χ3n) is 4.65. The van der Waals surface area contributed by atoms with Crippen LogP contribution in [0, 0.1) is 0 Å². The predicted molar refractivity (Wildman–Crippen MR) is 97.1 cm³/mol. The molecule has 0 saturated carbocycles. The number of nitrogens with zero attached hydrogens (tertiary/aromatic N) is 2. The van der Waals surface area contributed by atoms with Gasteiger partial charge in [-0.15, -0.1) is 0 Å². The van der Waals surface area contributed by atoms with E-state index in [2.05, 4.69) is 12.2 Å². The van der Waals surface area contributed by atoms with Crippen molar-refractivity contribution in [1.29, 1.82) is 0 Å². The van der Waals surface area contributed by atoms with Crippen LogP contribution in [0.15, 0.2) is 53.3 Å². The summed E-state index contributed by atoms with van der Waals surface area (Å²) in [7, 11) is 0. The lowest BCUT2D eigenvalue weighted by molar-refractivity contribution is 0.0935. The molecule has 1 aliphatic rings. The van der Waals surface area contributed by atoms with Gasteiger partial charge in [-0.05, 0) is 30.7 Å². The zero-order valence-corrected chi connectivity index (χ0v) is 14.0. The minimum Gasteiger partial charge on any atom is -0.342 e. The third-order valence-corrected chi connectivity index (χ3v) is 4.65. The van der Waals surface area contributed by atoms with Gasteiger partial charge in [-0.1, -0.05) is 44.0 Å². The molecule has 5 heteroatoms. The fourth-order valence-corrected chi connectivity index (χ4v) is 3.39. The molecule has 0 radical (unpaired) electrons. The lowest BCUT2D eigenvalue weighted by atomic mass is 10.1. The van der Waals surface area contributed by atoms with Crippen LogP contribution in [0.3, 0.4) is 0 Å². The second-order valence-corrected chi connectivity index (χ2v) is 6.31. The molecule has 126 valence electrons. The van der Waals surface area contributed by atoms with Gasteiger partial charge in [0.15, 0.2) is 0 Å². The zero-order chi connectivity index (χ0) is 17.4. The van der Waals surface area contributed by atoms with Gasteiger partial charge in [0.05, 0.1) is 28.2 Å². The maximum atomic E-state index is 13.2. The van der Waals surface area contributed by atoms with Crippen molar-refractivity contribution in [3.8, 4) is 5.69 Å². The highest BCUT2D eigenvalue weighted by Crippen LogP contribution is 2.27. The lowest BCUT2D eigenvalue weighted by Crippen LogP contribution is -2.30. The summed E-state index contributed by atoms with van der Waals surface area (Å²) in [4.78, 5) is 30.6. The smallest absolute Gasteiger partial charge is 0.266 e. The van der Waals surface area contributed by atoms with E-state index >= 15 is 0 Å². The van der Waals surface area contributed by atoms with E-state index < -0.39 is 0 Å². The summed E-state index contributed by atoms with van der Waals surface area (Å²) >= 11 is 0. The van der Waals surface area contributed by atoms with Gasteiger partial charge in [-0.25, -0.2) is 4.98 Å². The van der Waals surface area contributed by atoms with E-state index in [0.717, 1.165) is 19.3 Å². The van der Waals surface area contributed by atoms with Crippen LogP contribution in [0.1, 0.15) is 48.4 Å². The number of para-hydroxylation sites is 2. The number of hydrogen-bond donors (Lipinski definition) is 1. The molecule has 3 aromatic rings. The van der Waals surface area contributed by atoms with Crippen molar-refractivity contribution in [2.75, 3.05) is 0 Å². The topological polar surface area (TPSA) is 64.0 Å². The van der Waals surface area contributed by atoms with Gasteiger partial charge in [-0.2, -0.15) is 0 Å². The quantitative estimate of drug-likeness (QED) is 0.799. The van der Waals surface area contributed by atoms with Crippen molar-refractivity contribution in [3.05, 3.63) is 70.3 Å². The average molecular weight is 333 g/mol. The van der Waals surface area contributed by atoms with E-state index in [0.29, 0.717) is 28.0 Å². The lowest BCUT2D eigenvalue weighted by Gasteiger charge is -2.18. The van der Waals surface area contributed by atoms with Crippen molar-refractivity contribution in [3.63, 3.8) is 0 Å². The highest BCUT2D eigenvalue weighted by Gasteiger charge is 2.28. The SMILES string of the molecule is CCCC[C@@H]1NC(=O)c2ccccc2-n2c1nc1ccccc1c2=O. The molecule has 0 aliphatic carbocycles. The Kier molecular flexibility index (Phi) is 3.84. The number of amides is 1. The van der Waals surface area contributed by atoms with Gasteiger partial charge in [0.2, 0.25) is 0 Å². The number of hydrogen-bond acceptors (Lipinski definition) is 3. The van der Waals surface area contributed by atoms with Crippen molar-refractivity contribution in [1.82, 2.24) is 14.9 Å². The van der Waals surface area contributed by atoms with Crippen molar-refractivity contribution in [2.45, 2.75) is 32.2 Å². The summed E-state index contributed by atoms with van der Waals surface area (Å²) in [5, 5.41) is 3.62. The number of unbranched alkanes of at least 4 members (excludes halogenated alkanes) is 1. The molecule has 4 rings (SSSR count). The van der Waals surface area contributed by atoms with Crippen LogP contribution in [0.25, 0.3) is 16.6 Å². The largest absolute Gasteiger partial charge is 0.342 e. The van der Waals surface area contributed by atoms with Crippen LogP contribution in [-0.4, -0.2) is 15.5 Å². The molecule has 1 atom stereocenters. The van der Waals surface area contributed by atoms with Crippen molar-refractivity contribution in [2.24, 2.45) is 0 Å². The first kappa shape index (κ1) is 15.6. The summed E-state index contributed by atoms with van der Waals surface area (Å²) in [5.41, 5.74) is 1.62. The summed E-state index contributed by atoms with van der Waals surface area (Å²) in [6, 6.07) is 14.2. The van der Waals surface area contributed by atoms with Crippen LogP contribution in [0.5, 0.6) is 0 Å². The van der Waals surface area contributed by atoms with Crippen LogP contribution in [0.4, 0.5) is 0 Å². The van der Waals surface area contributed by atoms with E-state index in [4.69, 9.17) is 4.98 Å². The minimum atomic E-state index is -0.280. The second-order valence-electron chi connectivity index (χ2n) is 6.31. The number of benzene rings is 2. The van der Waals surface area contributed by atoms with Crippen molar-refractivity contribution >= 4 is 16.8 Å². The van der Waals surface area contributed by atoms with E-state index in [-0.39, 0.29) is 17.5 Å². The van der Waals surface area contributed by atoms with Crippen molar-refractivity contribution < 1.29 is 4.79 Å². The molecule has 25 heavy (non-hydrogen) atoms. The third kappa shape index (κ3) is 2.52. The maximum Gasteiger partial charge on any atom is 0.266 e. The van der Waals surface area contributed by atoms with Gasteiger partial charge in [-0.3, -0.25) is 14.2 Å². The first-order chi connectivity index (χ1) is 12.2. The molecule has 0 bridgehead atoms. The van der Waals surface area contributed by atoms with Gasteiger partial charge in [0.1, 0.15) is 5.82 Å². The van der Waals surface area contributed by atoms with Crippen LogP contribution in [0.2, 0.25) is 0 Å². The minimum absolute atomic E-state index is 0.133. The van der Waals surface area contributed by atoms with E-state index in [9.17, 15) is 9.59 Å². The highest BCUT2D eigenvalue weighted by molar-refractivity contribution is 5.98. The van der Waals surface area contributed by atoms with Crippen LogP contribution in [-0.2, 0) is 0 Å². The first-order valence-corrected chi connectivity index (χ1v) is 8.62. The maximum absolute atomic E-state index is 13.2. The molecule has 0 unspecified atom stereocenters. The van der Waals surface area contributed by atoms with Gasteiger partial charge in [0, 0.05) is 0 Å². The molecule has 5 nitrogen and oxygen atoms in total. The molecule has 1 aliphatic heterocycles. The zero-order valence-electron chi connectivity index (χ0n) is 14.0. The fourth-order valence-electron chi connectivity index (χ4n) is 3.39. The molecule has 2 aromatic carbocycles. The normalized spacial score (nSPS) is 16.0. The van der Waals surface area contributed by atoms with Gasteiger partial charge >= 0.3 is 0 Å². The molecule has 1 aromatic heterocycles. The van der Waals surface area contributed by atoms with E-state index in [1.54, 1.807) is 22.8 Å². The number of rotatable bonds is 3. The molecule has 1 amide bonds. The summed E-state index contributed by atoms with van der Waals surface area (Å²) < 4.78 is 1.61. The monoisotopic (exact) mass is 333 g/mol. The van der Waals surface area contributed by atoms with Gasteiger partial charge in [0.25, 0.3) is 11.5 Å². The van der Waals surface area contributed by atoms with E-state index in [1.807, 2.05) is 30.3 Å². The summed E-state index contributed by atoms with van der Waals surface area (Å²) in [6.45, 7) is 2.11. The Morgan fingerprint density at radius 3 is 2.68 bits per heavy atom. The molecular formula is C20H19N3O2. The predicted octanol–water partition coefficient (Wildman–Crippen LogP) is 3.36. The second kappa shape index (κ2) is 6.16. The molecule has 0 saturated heterocycles. The molecule has 2 heterocycles. The van der Waals surface area contributed by atoms with E-state index in [1.165, 1.54) is 0 Å². The number of fused-ring (bicyclic) bond motifs is 4. The number of nitrogens with one attached hydrogen (secondary N) is 1. The fraction of sp³-hybridized carbons (Fsp3) is 0.250. The van der Waals surface area contributed by atoms with Crippen LogP contribution >= 0.6 is 0 Å². The first-order valence-electron chi connectivity index (χ1n) is 8.62. The Morgan fingerprint density at radius 2 is 1.84 bits per heavy atom. The number of aromatic nitrogens is 2. The Balaban J connectivity index is 2.07. The summed E-state index contributed by atoms with van der Waals surface area (Å²) in [5.74, 6) is 0.445. The van der Waals surface area contributed by atoms with Crippen LogP contribution < -0.4 is 10.9 Å². The Hall–Kier alpha value is -2.95. The Labute approximate surface area is 145 Å². The number of carbonyl (C=O) groups excluding carboxylic acids is 1. The van der Waals surface area contributed by atoms with Gasteiger partial charge < -0.3 is 5.32 Å². The number of carbonyl (C=O) groups is 1. The molecule has 0 fully saturated rings. The molecule has 0 spiro atoms. The highest BCUT2D eigenvalue weighted by atomic mass is 16.2. The standard InChI is InChI=1S/C20H19N3O2/c1-2-3-10-16-18-21-15-11-6-4-8-13(15)20(25)23(18)17-12-7-5-9-14(17)19(24)22-16/h4-9,11-12,16H,2-3,10H2,1H3,(H,22,24)/t16-/m0/s1. The summed E-state index contributed by atoms with van der Waals surface area (Å²) in [6.07, 6.45) is 2.71. The Morgan fingerprint density at radius 1 is 1.08 bits per heavy atom. The molecule has 1 N–H and O–H groups in total. The average Bonchev–Trinajstić information content (AvgIpc) is 2.76. The Bertz CT molecular complexity index is 1020. The molecular weight excluding hydrogens is 314 g/mol.